The third-order valence-corrected chi connectivity index (χ3v) is 9.51. The van der Waals surface area contributed by atoms with Crippen molar-refractivity contribution in [2.45, 2.75) is 9.79 Å². The lowest BCUT2D eigenvalue weighted by Crippen LogP contribution is -2.00. The van der Waals surface area contributed by atoms with E-state index in [1.807, 2.05) is 0 Å². The molecule has 6 aromatic carbocycles. The second-order valence-corrected chi connectivity index (χ2v) is 14.0. The lowest BCUT2D eigenvalue weighted by molar-refractivity contribution is -0.385. The smallest absolute Gasteiger partial charge is 0.297 e. The Bertz CT molecular complexity index is 2920. The van der Waals surface area contributed by atoms with Crippen LogP contribution in [-0.2, 0) is 20.2 Å². The predicted molar refractivity (Wildman–Crippen MR) is 194 cm³/mol. The number of nitrogens with zero attached hydrogens (tertiary/aromatic N) is 8. The molecule has 0 amide bonds. The van der Waals surface area contributed by atoms with E-state index in [1.54, 1.807) is 0 Å². The van der Waals surface area contributed by atoms with E-state index in [0.717, 1.165) is 30.3 Å². The molecule has 0 spiro atoms. The molecule has 6 rings (SSSR count). The average Bonchev–Trinajstić information content (AvgIpc) is 3.13. The number of phenolic OH excluding ortho intramolecular Hbond substituents is 2. The molecule has 0 atom stereocenters. The summed E-state index contributed by atoms with van der Waals surface area (Å²) in [5.74, 6) is -1.17. The van der Waals surface area contributed by atoms with Crippen LogP contribution in [-0.4, -0.2) is 46.0 Å². The standard InChI is InChI=1S/C32H21N9O12S2/c33-29-24(10-1-16-2-11-25(32(43)28(16)29)38-36-23-12-8-21(41(46)47)15-26(23)54(48,49)50)37-35-19-5-9-22-17(13-19)14-27(55(51,52)53)30(31(22)42)39-34-18-3-6-20(7-4-18)40(44)45/h1-15,42-43H,33H2,(H,48,49,50)(H,51,52,53)/b37-35+,38-36+,39-34+. The Hall–Kier alpha value is -7.34. The zero-order chi connectivity index (χ0) is 39.8. The Labute approximate surface area is 307 Å². The maximum absolute atomic E-state index is 12.3. The highest BCUT2D eigenvalue weighted by Gasteiger charge is 2.23. The van der Waals surface area contributed by atoms with E-state index >= 15 is 0 Å². The Morgan fingerprint density at radius 2 is 1.09 bits per heavy atom. The number of azo groups is 3. The van der Waals surface area contributed by atoms with Gasteiger partial charge >= 0.3 is 0 Å². The van der Waals surface area contributed by atoms with Crippen LogP contribution in [0.2, 0.25) is 0 Å². The van der Waals surface area contributed by atoms with Crippen molar-refractivity contribution in [2.75, 3.05) is 5.73 Å². The number of phenols is 2. The van der Waals surface area contributed by atoms with Gasteiger partial charge in [-0.1, -0.05) is 12.1 Å². The van der Waals surface area contributed by atoms with Crippen molar-refractivity contribution < 1.29 is 46.0 Å². The van der Waals surface area contributed by atoms with Gasteiger partial charge in [-0.3, -0.25) is 29.3 Å². The monoisotopic (exact) mass is 787 g/mol. The van der Waals surface area contributed by atoms with Crippen molar-refractivity contribution in [3.8, 4) is 11.5 Å². The summed E-state index contributed by atoms with van der Waals surface area (Å²) in [6.07, 6.45) is 0. The van der Waals surface area contributed by atoms with Crippen LogP contribution in [0.4, 0.5) is 51.2 Å². The summed E-state index contributed by atoms with van der Waals surface area (Å²) in [6, 6.07) is 18.2. The molecule has 0 unspecified atom stereocenters. The highest BCUT2D eigenvalue weighted by Crippen LogP contribution is 2.45. The molecule has 0 radical (unpaired) electrons. The second-order valence-electron chi connectivity index (χ2n) is 11.2. The Kier molecular flexibility index (Phi) is 9.69. The fourth-order valence-corrected chi connectivity index (χ4v) is 6.44. The topological polar surface area (TPSA) is 336 Å². The summed E-state index contributed by atoms with van der Waals surface area (Å²) < 4.78 is 67.8. The molecule has 0 aliphatic heterocycles. The van der Waals surface area contributed by atoms with E-state index < -0.39 is 68.4 Å². The van der Waals surface area contributed by atoms with Gasteiger partial charge in [0.1, 0.15) is 32.5 Å². The van der Waals surface area contributed by atoms with E-state index in [2.05, 4.69) is 30.7 Å². The highest BCUT2D eigenvalue weighted by molar-refractivity contribution is 7.86. The zero-order valence-corrected chi connectivity index (χ0v) is 28.8. The third-order valence-electron chi connectivity index (χ3n) is 7.76. The van der Waals surface area contributed by atoms with Crippen LogP contribution >= 0.6 is 0 Å². The molecule has 278 valence electrons. The molecule has 0 bridgehead atoms. The van der Waals surface area contributed by atoms with Gasteiger partial charge in [0.2, 0.25) is 0 Å². The van der Waals surface area contributed by atoms with Crippen LogP contribution in [0.5, 0.6) is 11.5 Å². The first-order chi connectivity index (χ1) is 25.9. The Morgan fingerprint density at radius 1 is 0.545 bits per heavy atom. The van der Waals surface area contributed by atoms with Crippen LogP contribution in [0.1, 0.15) is 0 Å². The number of nitro benzene ring substituents is 2. The van der Waals surface area contributed by atoms with Gasteiger partial charge in [-0.15, -0.1) is 20.5 Å². The number of anilines is 1. The van der Waals surface area contributed by atoms with E-state index in [1.165, 1.54) is 54.6 Å². The van der Waals surface area contributed by atoms with Crippen LogP contribution in [0.15, 0.2) is 131 Å². The first-order valence-electron chi connectivity index (χ1n) is 15.0. The van der Waals surface area contributed by atoms with Gasteiger partial charge in [-0.2, -0.15) is 27.1 Å². The first-order valence-corrected chi connectivity index (χ1v) is 17.9. The van der Waals surface area contributed by atoms with Crippen molar-refractivity contribution in [1.82, 2.24) is 0 Å². The van der Waals surface area contributed by atoms with Gasteiger partial charge in [0.15, 0.2) is 11.5 Å². The number of benzene rings is 6. The van der Waals surface area contributed by atoms with Gasteiger partial charge in [-0.05, 0) is 65.4 Å². The number of aromatic hydroxyl groups is 2. The molecular weight excluding hydrogens is 767 g/mol. The van der Waals surface area contributed by atoms with Gasteiger partial charge in [0.05, 0.1) is 32.3 Å². The molecule has 0 aromatic heterocycles. The summed E-state index contributed by atoms with van der Waals surface area (Å²) >= 11 is 0. The lowest BCUT2D eigenvalue weighted by atomic mass is 10.1. The van der Waals surface area contributed by atoms with E-state index in [4.69, 9.17) is 5.73 Å². The zero-order valence-electron chi connectivity index (χ0n) is 27.2. The van der Waals surface area contributed by atoms with Gasteiger partial charge < -0.3 is 15.9 Å². The number of fused-ring (bicyclic) bond motifs is 2. The quantitative estimate of drug-likeness (QED) is 0.0286. The first kappa shape index (κ1) is 37.4. The summed E-state index contributed by atoms with van der Waals surface area (Å²) in [6.45, 7) is 0. The molecule has 0 fully saturated rings. The highest BCUT2D eigenvalue weighted by atomic mass is 32.2. The Morgan fingerprint density at radius 3 is 1.73 bits per heavy atom. The van der Waals surface area contributed by atoms with Gasteiger partial charge in [0.25, 0.3) is 31.6 Å². The van der Waals surface area contributed by atoms with Crippen molar-refractivity contribution >= 4 is 93.0 Å². The molecule has 6 N–H and O–H groups in total. The predicted octanol–water partition coefficient (Wildman–Crippen LogP) is 8.54. The molecular formula is C32H21N9O12S2. The number of nitro groups is 2. The molecule has 0 aliphatic carbocycles. The fourth-order valence-electron chi connectivity index (χ4n) is 5.14. The molecule has 55 heavy (non-hydrogen) atoms. The molecule has 6 aromatic rings. The molecule has 21 nitrogen and oxygen atoms in total. The molecule has 0 saturated carbocycles. The molecule has 0 saturated heterocycles. The fraction of sp³-hybridized carbons (Fsp3) is 0. The summed E-state index contributed by atoms with van der Waals surface area (Å²) in [5.41, 5.74) is 4.38. The number of non-ortho nitro benzene ring substituents is 2. The Balaban J connectivity index is 1.33. The van der Waals surface area contributed by atoms with E-state index in [0.29, 0.717) is 11.5 Å². The molecule has 23 heteroatoms. The van der Waals surface area contributed by atoms with Gasteiger partial charge in [-0.25, -0.2) is 0 Å². The summed E-state index contributed by atoms with van der Waals surface area (Å²) in [4.78, 5) is 18.8. The van der Waals surface area contributed by atoms with Crippen LogP contribution in [0, 0.1) is 20.2 Å². The minimum absolute atomic E-state index is 0.0447. The largest absolute Gasteiger partial charge is 0.505 e. The van der Waals surface area contributed by atoms with Crippen LogP contribution in [0.25, 0.3) is 21.5 Å². The second kappa shape index (κ2) is 14.2. The van der Waals surface area contributed by atoms with Crippen LogP contribution < -0.4 is 5.73 Å². The van der Waals surface area contributed by atoms with Gasteiger partial charge in [0, 0.05) is 29.7 Å². The maximum atomic E-state index is 12.3. The van der Waals surface area contributed by atoms with Crippen molar-refractivity contribution in [3.05, 3.63) is 111 Å². The average molecular weight is 788 g/mol. The summed E-state index contributed by atoms with van der Waals surface area (Å²) in [7, 11) is -9.94. The third kappa shape index (κ3) is 7.74. The van der Waals surface area contributed by atoms with Crippen molar-refractivity contribution in [3.63, 3.8) is 0 Å². The van der Waals surface area contributed by atoms with Crippen LogP contribution in [0.3, 0.4) is 0 Å². The minimum atomic E-state index is -4.98. The van der Waals surface area contributed by atoms with E-state index in [-0.39, 0.29) is 50.3 Å². The lowest BCUT2D eigenvalue weighted by Gasteiger charge is -2.10. The van der Waals surface area contributed by atoms with Crippen molar-refractivity contribution in [2.24, 2.45) is 30.7 Å². The normalized spacial score (nSPS) is 12.4. The number of hydrogen-bond acceptors (Lipinski definition) is 17. The molecule has 0 heterocycles. The van der Waals surface area contributed by atoms with Crippen molar-refractivity contribution in [1.29, 1.82) is 0 Å². The minimum Gasteiger partial charge on any atom is -0.505 e. The number of nitrogen functional groups attached to an aromatic ring is 1. The SMILES string of the molecule is Nc1c(/N=N/c2ccc3c(O)c(/N=N/c4ccc([N+](=O)[O-])cc4)c(S(=O)(=O)O)cc3c2)ccc2ccc(/N=N/c3ccc([N+](=O)[O-])cc3S(=O)(=O)O)c(O)c12. The number of rotatable bonds is 10. The number of hydrogen-bond donors (Lipinski definition) is 5. The molecule has 0 aliphatic rings. The number of nitrogens with two attached hydrogens (primary N) is 1. The summed E-state index contributed by atoms with van der Waals surface area (Å²) in [5, 5.41) is 68.1. The van der Waals surface area contributed by atoms with E-state index in [9.17, 15) is 56.4 Å². The maximum Gasteiger partial charge on any atom is 0.297 e.